The van der Waals surface area contributed by atoms with Gasteiger partial charge < -0.3 is 24.4 Å². The van der Waals surface area contributed by atoms with Gasteiger partial charge in [-0.25, -0.2) is 4.98 Å². The van der Waals surface area contributed by atoms with Crippen molar-refractivity contribution in [3.8, 4) is 5.75 Å². The molecule has 1 unspecified atom stereocenters. The molecule has 4 heterocycles. The van der Waals surface area contributed by atoms with E-state index in [9.17, 15) is 14.4 Å². The third-order valence-corrected chi connectivity index (χ3v) is 9.39. The monoisotopic (exact) mass is 593 g/mol. The highest BCUT2D eigenvalue weighted by molar-refractivity contribution is 6.31. The molecular weight excluding hydrogens is 558 g/mol. The smallest absolute Gasteiger partial charge is 0.258 e. The number of carbonyl (C=O) groups excluding carboxylic acids is 3. The highest BCUT2D eigenvalue weighted by Gasteiger charge is 2.43. The largest absolute Gasteiger partial charge is 0.487 e. The lowest BCUT2D eigenvalue weighted by atomic mass is 9.77. The van der Waals surface area contributed by atoms with Crippen LogP contribution in [-0.4, -0.2) is 64.3 Å². The van der Waals surface area contributed by atoms with Crippen molar-refractivity contribution in [2.75, 3.05) is 26.7 Å². The fraction of sp³-hybridized carbons (Fsp3) is 0.516. The van der Waals surface area contributed by atoms with Crippen LogP contribution in [0.4, 0.5) is 0 Å². The normalized spacial score (nSPS) is 22.4. The molecule has 3 amide bonds. The maximum atomic E-state index is 14.3. The lowest BCUT2D eigenvalue weighted by molar-refractivity contribution is -0.147. The van der Waals surface area contributed by atoms with Crippen LogP contribution in [0, 0.1) is 18.8 Å². The summed E-state index contributed by atoms with van der Waals surface area (Å²) in [7, 11) is 1.62. The van der Waals surface area contributed by atoms with Gasteiger partial charge in [0.15, 0.2) is 0 Å². The average molecular weight is 594 g/mol. The predicted octanol–water partition coefficient (Wildman–Crippen LogP) is 4.36. The quantitative estimate of drug-likeness (QED) is 0.432. The van der Waals surface area contributed by atoms with Gasteiger partial charge in [-0.05, 0) is 62.4 Å². The second-order valence-corrected chi connectivity index (χ2v) is 11.9. The minimum atomic E-state index is -0.448. The van der Waals surface area contributed by atoms with Crippen molar-refractivity contribution in [2.45, 2.75) is 64.5 Å². The molecule has 1 saturated carbocycles. The molecule has 10 nitrogen and oxygen atoms in total. The number of benzene rings is 1. The lowest BCUT2D eigenvalue weighted by Gasteiger charge is -2.43. The van der Waals surface area contributed by atoms with Crippen molar-refractivity contribution in [3.05, 3.63) is 51.8 Å². The van der Waals surface area contributed by atoms with E-state index in [4.69, 9.17) is 20.9 Å². The Bertz CT molecular complexity index is 1520. The first-order valence-electron chi connectivity index (χ1n) is 14.8. The number of nitrogens with one attached hydrogen (secondary N) is 1. The molecule has 3 aliphatic rings. The molecule has 1 saturated heterocycles. The number of pyridine rings is 1. The molecule has 1 N–H and O–H groups in total. The molecule has 0 radical (unpaired) electrons. The number of aromatic nitrogens is 2. The number of halogens is 1. The molecule has 6 rings (SSSR count). The van der Waals surface area contributed by atoms with Crippen LogP contribution in [-0.2, 0) is 27.4 Å². The molecule has 11 heteroatoms. The summed E-state index contributed by atoms with van der Waals surface area (Å²) in [5.41, 5.74) is 3.65. The second-order valence-electron chi connectivity index (χ2n) is 11.5. The Morgan fingerprint density at radius 2 is 1.90 bits per heavy atom. The number of likely N-dealkylation sites (tertiary alicyclic amines) is 1. The maximum absolute atomic E-state index is 14.3. The summed E-state index contributed by atoms with van der Waals surface area (Å²) < 4.78 is 11.7. The minimum absolute atomic E-state index is 0.0377. The van der Waals surface area contributed by atoms with Gasteiger partial charge in [0.05, 0.1) is 22.8 Å². The topological polar surface area (TPSA) is 118 Å². The Kier molecular flexibility index (Phi) is 8.07. The Hall–Kier alpha value is -3.66. The van der Waals surface area contributed by atoms with Gasteiger partial charge in [-0.3, -0.25) is 14.4 Å². The molecule has 1 aliphatic carbocycles. The van der Waals surface area contributed by atoms with Crippen LogP contribution in [0.25, 0.3) is 11.1 Å². The van der Waals surface area contributed by atoms with Crippen molar-refractivity contribution in [1.29, 1.82) is 0 Å². The number of amides is 3. The predicted molar refractivity (Wildman–Crippen MR) is 156 cm³/mol. The molecular formula is C31H36ClN5O5. The average Bonchev–Trinajstić information content (AvgIpc) is 3.60. The molecule has 2 aliphatic heterocycles. The van der Waals surface area contributed by atoms with Crippen molar-refractivity contribution in [2.24, 2.45) is 11.8 Å². The number of fused-ring (bicyclic) bond motifs is 2. The summed E-state index contributed by atoms with van der Waals surface area (Å²) >= 11 is 6.74. The first-order valence-corrected chi connectivity index (χ1v) is 15.2. The van der Waals surface area contributed by atoms with E-state index in [2.05, 4.69) is 15.5 Å². The van der Waals surface area contributed by atoms with Crippen LogP contribution in [0.2, 0.25) is 5.02 Å². The zero-order chi connectivity index (χ0) is 29.4. The van der Waals surface area contributed by atoms with Crippen LogP contribution >= 0.6 is 11.6 Å². The summed E-state index contributed by atoms with van der Waals surface area (Å²) in [6, 6.07) is 7.01. The first-order chi connectivity index (χ1) is 20.4. The molecule has 2 fully saturated rings. The first kappa shape index (κ1) is 28.5. The van der Waals surface area contributed by atoms with Crippen molar-refractivity contribution in [3.63, 3.8) is 0 Å². The van der Waals surface area contributed by atoms with Crippen molar-refractivity contribution >= 4 is 40.4 Å². The Morgan fingerprint density at radius 3 is 2.67 bits per heavy atom. The van der Waals surface area contributed by atoms with Gasteiger partial charge in [0.2, 0.25) is 17.7 Å². The van der Waals surface area contributed by atoms with Gasteiger partial charge >= 0.3 is 0 Å². The fourth-order valence-electron chi connectivity index (χ4n) is 6.82. The van der Waals surface area contributed by atoms with E-state index in [1.807, 2.05) is 41.0 Å². The Labute approximate surface area is 249 Å². The highest BCUT2D eigenvalue weighted by atomic mass is 35.5. The highest BCUT2D eigenvalue weighted by Crippen LogP contribution is 2.43. The molecule has 42 heavy (non-hydrogen) atoms. The summed E-state index contributed by atoms with van der Waals surface area (Å²) in [5, 5.41) is 8.21. The summed E-state index contributed by atoms with van der Waals surface area (Å²) in [5.74, 6) is -0.200. The third kappa shape index (κ3) is 5.32. The molecule has 3 atom stereocenters. The van der Waals surface area contributed by atoms with Gasteiger partial charge in [-0.2, -0.15) is 0 Å². The molecule has 0 bridgehead atoms. The van der Waals surface area contributed by atoms with Crippen molar-refractivity contribution in [1.82, 2.24) is 25.3 Å². The van der Waals surface area contributed by atoms with E-state index in [1.54, 1.807) is 7.05 Å². The fourth-order valence-corrected chi connectivity index (χ4v) is 7.08. The molecule has 1 aromatic carbocycles. The Balaban J connectivity index is 1.34. The van der Waals surface area contributed by atoms with Crippen LogP contribution in [0.3, 0.4) is 0 Å². The molecule has 3 aromatic rings. The van der Waals surface area contributed by atoms with Crippen LogP contribution < -0.4 is 10.1 Å². The van der Waals surface area contributed by atoms with E-state index in [1.165, 1.54) is 0 Å². The van der Waals surface area contributed by atoms with Gasteiger partial charge in [0.1, 0.15) is 12.4 Å². The Morgan fingerprint density at radius 1 is 1.10 bits per heavy atom. The molecule has 222 valence electrons. The van der Waals surface area contributed by atoms with Gasteiger partial charge in [-0.1, -0.05) is 29.6 Å². The number of nitrogens with zero attached hydrogens (tertiary/aromatic N) is 4. The van der Waals surface area contributed by atoms with Gasteiger partial charge in [0, 0.05) is 55.5 Å². The number of hydrogen-bond donors (Lipinski definition) is 1. The summed E-state index contributed by atoms with van der Waals surface area (Å²) in [6.07, 6.45) is 5.05. The number of aryl methyl sites for hydroxylation is 1. The molecule has 2 aromatic heterocycles. The van der Waals surface area contributed by atoms with Crippen molar-refractivity contribution < 1.29 is 23.6 Å². The van der Waals surface area contributed by atoms with E-state index in [0.29, 0.717) is 67.5 Å². The lowest BCUT2D eigenvalue weighted by Crippen LogP contribution is -2.50. The zero-order valence-electron chi connectivity index (χ0n) is 24.0. The summed E-state index contributed by atoms with van der Waals surface area (Å²) in [6.45, 7) is 3.50. The standard InChI is InChI=1S/C31H36ClN5O5/c1-18-20-10-9-19(34-30(20)42-35-18)17-41-26-12-11-24(32)23-13-15-37(25(28(23)26)16-36-14-5-8-27(36)38)31(40)22-7-4-3-6-21(22)29(39)33-2/h9-12,21-22,25H,3-8,13-17H2,1-2H3,(H,33,39)/t21-,22?,25-/m1/s1. The van der Waals surface area contributed by atoms with E-state index >= 15 is 0 Å². The molecule has 0 spiro atoms. The number of rotatable bonds is 7. The summed E-state index contributed by atoms with van der Waals surface area (Å²) in [4.78, 5) is 48.1. The van der Waals surface area contributed by atoms with Crippen LogP contribution in [0.1, 0.15) is 67.1 Å². The number of hydrogen-bond acceptors (Lipinski definition) is 7. The second kappa shape index (κ2) is 11.9. The minimum Gasteiger partial charge on any atom is -0.487 e. The van der Waals surface area contributed by atoms with E-state index in [-0.39, 0.29) is 30.2 Å². The maximum Gasteiger partial charge on any atom is 0.258 e. The number of ether oxygens (including phenoxy) is 1. The van der Waals surface area contributed by atoms with E-state index < -0.39 is 12.0 Å². The van der Waals surface area contributed by atoms with E-state index in [0.717, 1.165) is 41.5 Å². The van der Waals surface area contributed by atoms with Crippen LogP contribution in [0.15, 0.2) is 28.8 Å². The SMILES string of the molecule is CNC(=O)[C@@H]1CCCCC1C(=O)N1CCc2c(Cl)ccc(OCc3ccc4c(C)noc4n3)c2[C@H]1CN1CCCC1=O. The van der Waals surface area contributed by atoms with Gasteiger partial charge in [-0.15, -0.1) is 0 Å². The number of carbonyl (C=O) groups is 3. The van der Waals surface area contributed by atoms with Gasteiger partial charge in [0.25, 0.3) is 5.71 Å². The third-order valence-electron chi connectivity index (χ3n) is 9.04. The zero-order valence-corrected chi connectivity index (χ0v) is 24.8. The van der Waals surface area contributed by atoms with Crippen LogP contribution in [0.5, 0.6) is 5.75 Å².